The highest BCUT2D eigenvalue weighted by Crippen LogP contribution is 2.22. The van der Waals surface area contributed by atoms with Crippen molar-refractivity contribution in [2.24, 2.45) is 5.84 Å². The van der Waals surface area contributed by atoms with Crippen LogP contribution >= 0.6 is 0 Å². The van der Waals surface area contributed by atoms with E-state index in [1.165, 1.54) is 6.33 Å². The molecule has 1 unspecified atom stereocenters. The van der Waals surface area contributed by atoms with Gasteiger partial charge in [-0.1, -0.05) is 13.3 Å². The molecule has 1 atom stereocenters. The zero-order valence-electron chi connectivity index (χ0n) is 11.9. The third-order valence-corrected chi connectivity index (χ3v) is 3.25. The lowest BCUT2D eigenvalue weighted by molar-refractivity contribution is -0.121. The molecule has 7 nitrogen and oxygen atoms in total. The van der Waals surface area contributed by atoms with Gasteiger partial charge in [0.2, 0.25) is 5.91 Å². The van der Waals surface area contributed by atoms with Gasteiger partial charge in [0.25, 0.3) is 0 Å². The monoisotopic (exact) mass is 278 g/mol. The molecule has 1 fully saturated rings. The summed E-state index contributed by atoms with van der Waals surface area (Å²) in [6.07, 6.45) is 5.32. The van der Waals surface area contributed by atoms with Crippen LogP contribution in [0.25, 0.3) is 0 Å². The Bertz CT molecular complexity index is 474. The van der Waals surface area contributed by atoms with Gasteiger partial charge in [0.15, 0.2) is 0 Å². The maximum atomic E-state index is 12.0. The third kappa shape index (κ3) is 3.57. The number of carbonyl (C=O) groups is 1. The average Bonchev–Trinajstić information content (AvgIpc) is 3.24. The van der Waals surface area contributed by atoms with Crippen LogP contribution in [0.15, 0.2) is 6.33 Å². The number of hydrazine groups is 1. The van der Waals surface area contributed by atoms with E-state index < -0.39 is 0 Å². The summed E-state index contributed by atoms with van der Waals surface area (Å²) in [6.45, 7) is 3.89. The van der Waals surface area contributed by atoms with Gasteiger partial charge < -0.3 is 16.1 Å². The first kappa shape index (κ1) is 14.5. The van der Waals surface area contributed by atoms with E-state index in [0.717, 1.165) is 31.2 Å². The topological polar surface area (TPSA) is 105 Å². The minimum Gasteiger partial charge on any atom is -0.358 e. The molecule has 0 radical (unpaired) electrons. The Balaban J connectivity index is 2.08. The van der Waals surface area contributed by atoms with Crippen LogP contribution in [0.4, 0.5) is 11.6 Å². The lowest BCUT2D eigenvalue weighted by Gasteiger charge is -2.18. The molecule has 7 heteroatoms. The Kier molecular flexibility index (Phi) is 4.73. The van der Waals surface area contributed by atoms with Crippen LogP contribution in [0.2, 0.25) is 0 Å². The molecule has 1 saturated carbocycles. The quantitative estimate of drug-likeness (QED) is 0.434. The first-order valence-corrected chi connectivity index (χ1v) is 7.03. The van der Waals surface area contributed by atoms with E-state index >= 15 is 0 Å². The lowest BCUT2D eigenvalue weighted by atomic mass is 10.1. The minimum absolute atomic E-state index is 0.00387. The van der Waals surface area contributed by atoms with E-state index in [9.17, 15) is 4.79 Å². The SMILES string of the molecule is CCCc1c(NN)ncnc1NC(C)C(=O)NC1CC1. The number of hydrogen-bond acceptors (Lipinski definition) is 6. The van der Waals surface area contributed by atoms with Gasteiger partial charge in [-0.3, -0.25) is 4.79 Å². The Morgan fingerprint density at radius 3 is 2.75 bits per heavy atom. The van der Waals surface area contributed by atoms with Gasteiger partial charge in [-0.15, -0.1) is 0 Å². The van der Waals surface area contributed by atoms with Gasteiger partial charge in [-0.25, -0.2) is 15.8 Å². The molecule has 0 bridgehead atoms. The molecule has 1 heterocycles. The van der Waals surface area contributed by atoms with E-state index in [4.69, 9.17) is 5.84 Å². The third-order valence-electron chi connectivity index (χ3n) is 3.25. The standard InChI is InChI=1S/C13H22N6O/c1-3-4-10-11(15-7-16-12(10)19-14)17-8(2)13(20)18-9-5-6-9/h7-9H,3-6,14H2,1-2H3,(H,18,20)(H2,15,16,17,19). The van der Waals surface area contributed by atoms with E-state index in [2.05, 4.69) is 33.0 Å². The van der Waals surface area contributed by atoms with Crippen molar-refractivity contribution in [3.05, 3.63) is 11.9 Å². The number of aromatic nitrogens is 2. The molecular weight excluding hydrogens is 256 g/mol. The van der Waals surface area contributed by atoms with Crippen molar-refractivity contribution < 1.29 is 4.79 Å². The summed E-state index contributed by atoms with van der Waals surface area (Å²) in [7, 11) is 0. The number of rotatable bonds is 7. The van der Waals surface area contributed by atoms with E-state index in [0.29, 0.717) is 17.7 Å². The summed E-state index contributed by atoms with van der Waals surface area (Å²) >= 11 is 0. The molecule has 2 rings (SSSR count). The van der Waals surface area contributed by atoms with Gasteiger partial charge >= 0.3 is 0 Å². The summed E-state index contributed by atoms with van der Waals surface area (Å²) in [6, 6.07) is 0.0141. The van der Waals surface area contributed by atoms with Crippen LogP contribution in [-0.2, 0) is 11.2 Å². The number of nitrogens with two attached hydrogens (primary N) is 1. The fourth-order valence-corrected chi connectivity index (χ4v) is 1.97. The molecule has 0 saturated heterocycles. The van der Waals surface area contributed by atoms with E-state index in [-0.39, 0.29) is 11.9 Å². The van der Waals surface area contributed by atoms with Crippen LogP contribution in [0, 0.1) is 0 Å². The normalized spacial score (nSPS) is 15.6. The van der Waals surface area contributed by atoms with Gasteiger partial charge in [-0.2, -0.15) is 0 Å². The molecular formula is C13H22N6O. The number of hydrogen-bond donors (Lipinski definition) is 4. The van der Waals surface area contributed by atoms with E-state index in [1.807, 2.05) is 6.92 Å². The fourth-order valence-electron chi connectivity index (χ4n) is 1.97. The van der Waals surface area contributed by atoms with Crippen molar-refractivity contribution >= 4 is 17.5 Å². The van der Waals surface area contributed by atoms with Crippen LogP contribution < -0.4 is 21.9 Å². The summed E-state index contributed by atoms with van der Waals surface area (Å²) < 4.78 is 0. The number of nitrogens with zero attached hydrogens (tertiary/aromatic N) is 2. The van der Waals surface area contributed by atoms with Crippen LogP contribution in [0.3, 0.4) is 0 Å². The molecule has 5 N–H and O–H groups in total. The van der Waals surface area contributed by atoms with Crippen molar-refractivity contribution in [2.45, 2.75) is 51.6 Å². The predicted molar refractivity (Wildman–Crippen MR) is 78.1 cm³/mol. The second kappa shape index (κ2) is 6.51. The molecule has 1 aliphatic carbocycles. The number of carbonyl (C=O) groups excluding carboxylic acids is 1. The van der Waals surface area contributed by atoms with E-state index in [1.54, 1.807) is 0 Å². The Labute approximate surface area is 118 Å². The second-order valence-electron chi connectivity index (χ2n) is 5.09. The minimum atomic E-state index is -0.341. The molecule has 20 heavy (non-hydrogen) atoms. The zero-order chi connectivity index (χ0) is 14.5. The van der Waals surface area contributed by atoms with Crippen LogP contribution in [-0.4, -0.2) is 28.0 Å². The Morgan fingerprint density at radius 2 is 2.15 bits per heavy atom. The van der Waals surface area contributed by atoms with Gasteiger partial charge in [-0.05, 0) is 26.2 Å². The zero-order valence-corrected chi connectivity index (χ0v) is 11.9. The first-order chi connectivity index (χ1) is 9.65. The molecule has 0 aromatic carbocycles. The predicted octanol–water partition coefficient (Wildman–Crippen LogP) is 0.794. The highest BCUT2D eigenvalue weighted by atomic mass is 16.2. The molecule has 0 aliphatic heterocycles. The summed E-state index contributed by atoms with van der Waals surface area (Å²) in [5.74, 6) is 6.72. The number of anilines is 2. The largest absolute Gasteiger partial charge is 0.358 e. The van der Waals surface area contributed by atoms with Gasteiger partial charge in [0.05, 0.1) is 0 Å². The molecule has 1 aromatic heterocycles. The molecule has 110 valence electrons. The first-order valence-electron chi connectivity index (χ1n) is 7.03. The molecule has 1 aromatic rings. The highest BCUT2D eigenvalue weighted by molar-refractivity contribution is 5.84. The number of nitrogen functional groups attached to an aromatic ring is 1. The summed E-state index contributed by atoms with van der Waals surface area (Å²) in [5.41, 5.74) is 3.48. The smallest absolute Gasteiger partial charge is 0.242 e. The molecule has 1 amide bonds. The number of nitrogens with one attached hydrogen (secondary N) is 3. The molecule has 0 spiro atoms. The fraction of sp³-hybridized carbons (Fsp3) is 0.615. The van der Waals surface area contributed by atoms with Crippen LogP contribution in [0.5, 0.6) is 0 Å². The van der Waals surface area contributed by atoms with Crippen molar-refractivity contribution in [2.75, 3.05) is 10.7 Å². The van der Waals surface area contributed by atoms with Crippen molar-refractivity contribution in [3.8, 4) is 0 Å². The maximum Gasteiger partial charge on any atom is 0.242 e. The van der Waals surface area contributed by atoms with Gasteiger partial charge in [0.1, 0.15) is 24.0 Å². The highest BCUT2D eigenvalue weighted by Gasteiger charge is 2.26. The Hall–Kier alpha value is -1.89. The Morgan fingerprint density at radius 1 is 1.45 bits per heavy atom. The lowest BCUT2D eigenvalue weighted by Crippen LogP contribution is -2.39. The summed E-state index contributed by atoms with van der Waals surface area (Å²) in [4.78, 5) is 20.3. The second-order valence-corrected chi connectivity index (χ2v) is 5.09. The van der Waals surface area contributed by atoms with Crippen molar-refractivity contribution in [1.82, 2.24) is 15.3 Å². The molecule has 1 aliphatic rings. The number of amides is 1. The van der Waals surface area contributed by atoms with Crippen molar-refractivity contribution in [1.29, 1.82) is 0 Å². The van der Waals surface area contributed by atoms with Crippen LogP contribution in [0.1, 0.15) is 38.7 Å². The average molecular weight is 278 g/mol. The maximum absolute atomic E-state index is 12.0. The van der Waals surface area contributed by atoms with Gasteiger partial charge in [0, 0.05) is 11.6 Å². The summed E-state index contributed by atoms with van der Waals surface area (Å²) in [5, 5.41) is 6.11. The van der Waals surface area contributed by atoms with Crippen molar-refractivity contribution in [3.63, 3.8) is 0 Å².